The molecule has 2 nitrogen and oxygen atoms in total. The van der Waals surface area contributed by atoms with Crippen molar-refractivity contribution in [3.8, 4) is 6.07 Å². The summed E-state index contributed by atoms with van der Waals surface area (Å²) in [4.78, 5) is 0. The molecule has 3 heteroatoms. The van der Waals surface area contributed by atoms with Crippen LogP contribution in [0, 0.1) is 11.3 Å². The van der Waals surface area contributed by atoms with Crippen molar-refractivity contribution >= 4 is 28.6 Å². The Hall–Kier alpha value is -1.72. The molecule has 68 valence electrons. The molecule has 0 saturated heterocycles. The van der Waals surface area contributed by atoms with Gasteiger partial charge in [-0.3, -0.25) is 0 Å². The van der Waals surface area contributed by atoms with Gasteiger partial charge in [0, 0.05) is 11.5 Å². The highest BCUT2D eigenvalue weighted by molar-refractivity contribution is 6.35. The normalized spacial score (nSPS) is 10.9. The molecule has 1 aromatic heterocycles. The minimum Gasteiger partial charge on any atom is -0.463 e. The average Bonchev–Trinajstić information content (AvgIpc) is 2.66. The van der Waals surface area contributed by atoms with Gasteiger partial charge in [0.25, 0.3) is 0 Å². The van der Waals surface area contributed by atoms with Gasteiger partial charge in [-0.1, -0.05) is 17.7 Å². The number of allylic oxidation sites excluding steroid dienone is 1. The molecule has 0 radical (unpaired) electrons. The number of rotatable bonds is 1. The molecule has 1 aromatic carbocycles. The van der Waals surface area contributed by atoms with Crippen molar-refractivity contribution < 1.29 is 4.42 Å². The summed E-state index contributed by atoms with van der Waals surface area (Å²) in [6.45, 7) is 0. The van der Waals surface area contributed by atoms with Gasteiger partial charge in [0.1, 0.15) is 0 Å². The minimum absolute atomic E-state index is 0.583. The smallest absolute Gasteiger partial charge is 0.153 e. The first-order chi connectivity index (χ1) is 6.83. The Labute approximate surface area is 86.0 Å². The quantitative estimate of drug-likeness (QED) is 0.664. The third-order valence-corrected chi connectivity index (χ3v) is 2.24. The van der Waals surface area contributed by atoms with E-state index < -0.39 is 0 Å². The molecule has 2 aromatic rings. The molecule has 0 amide bonds. The van der Waals surface area contributed by atoms with Crippen LogP contribution in [0.2, 0.25) is 5.02 Å². The fourth-order valence-electron chi connectivity index (χ4n) is 1.32. The van der Waals surface area contributed by atoms with Crippen LogP contribution in [0.25, 0.3) is 17.0 Å². The van der Waals surface area contributed by atoms with Crippen LogP contribution >= 0.6 is 11.6 Å². The van der Waals surface area contributed by atoms with Crippen molar-refractivity contribution in [1.82, 2.24) is 0 Å². The molecule has 1 heterocycles. The average molecular weight is 204 g/mol. The summed E-state index contributed by atoms with van der Waals surface area (Å²) in [5, 5.41) is 9.92. The molecule has 0 unspecified atom stereocenters. The van der Waals surface area contributed by atoms with E-state index in [1.54, 1.807) is 18.4 Å². The number of halogens is 1. The second-order valence-electron chi connectivity index (χ2n) is 2.76. The van der Waals surface area contributed by atoms with E-state index in [0.29, 0.717) is 10.6 Å². The van der Waals surface area contributed by atoms with E-state index in [-0.39, 0.29) is 0 Å². The maximum absolute atomic E-state index is 8.42. The van der Waals surface area contributed by atoms with Crippen molar-refractivity contribution in [3.63, 3.8) is 0 Å². The Bertz CT molecular complexity index is 534. The molecule has 0 aliphatic carbocycles. The van der Waals surface area contributed by atoms with Crippen molar-refractivity contribution in [1.29, 1.82) is 5.26 Å². The first-order valence-electron chi connectivity index (χ1n) is 4.05. The molecular weight excluding hydrogens is 198 g/mol. The van der Waals surface area contributed by atoms with E-state index >= 15 is 0 Å². The Kier molecular flexibility index (Phi) is 2.26. The molecule has 2 rings (SSSR count). The van der Waals surface area contributed by atoms with Gasteiger partial charge in [-0.05, 0) is 23.8 Å². The lowest BCUT2D eigenvalue weighted by molar-refractivity contribution is 0.616. The van der Waals surface area contributed by atoms with Crippen LogP contribution in [0.5, 0.6) is 0 Å². The van der Waals surface area contributed by atoms with Crippen molar-refractivity contribution in [2.24, 2.45) is 0 Å². The predicted molar refractivity (Wildman–Crippen MR) is 55.9 cm³/mol. The van der Waals surface area contributed by atoms with Crippen LogP contribution in [0.4, 0.5) is 0 Å². The third-order valence-electron chi connectivity index (χ3n) is 1.94. The molecule has 0 bridgehead atoms. The number of nitriles is 1. The van der Waals surface area contributed by atoms with Crippen molar-refractivity contribution in [3.05, 3.63) is 41.1 Å². The van der Waals surface area contributed by atoms with Crippen molar-refractivity contribution in [2.75, 3.05) is 0 Å². The summed E-state index contributed by atoms with van der Waals surface area (Å²) in [6.07, 6.45) is 4.74. The van der Waals surface area contributed by atoms with Crippen molar-refractivity contribution in [2.45, 2.75) is 0 Å². The highest BCUT2D eigenvalue weighted by Crippen LogP contribution is 2.28. The Balaban J connectivity index is 2.68. The summed E-state index contributed by atoms with van der Waals surface area (Å²) in [6, 6.07) is 7.38. The summed E-state index contributed by atoms with van der Waals surface area (Å²) < 4.78 is 5.22. The lowest BCUT2D eigenvalue weighted by Crippen LogP contribution is -1.74. The van der Waals surface area contributed by atoms with Gasteiger partial charge in [-0.15, -0.1) is 0 Å². The molecule has 0 N–H and O–H groups in total. The molecular formula is C11H6ClNO. The Morgan fingerprint density at radius 2 is 2.21 bits per heavy atom. The number of hydrogen-bond acceptors (Lipinski definition) is 2. The fraction of sp³-hybridized carbons (Fsp3) is 0. The van der Waals surface area contributed by atoms with Gasteiger partial charge >= 0.3 is 0 Å². The molecule has 14 heavy (non-hydrogen) atoms. The summed E-state index contributed by atoms with van der Waals surface area (Å²) in [5.74, 6) is 0. The van der Waals surface area contributed by atoms with Gasteiger partial charge in [-0.25, -0.2) is 0 Å². The lowest BCUT2D eigenvalue weighted by Gasteiger charge is -1.96. The second kappa shape index (κ2) is 3.57. The van der Waals surface area contributed by atoms with E-state index in [1.807, 2.05) is 18.2 Å². The van der Waals surface area contributed by atoms with Crippen LogP contribution in [0.1, 0.15) is 5.56 Å². The number of benzene rings is 1. The molecule has 0 aliphatic heterocycles. The van der Waals surface area contributed by atoms with Crippen LogP contribution in [-0.4, -0.2) is 0 Å². The fourth-order valence-corrected chi connectivity index (χ4v) is 1.53. The topological polar surface area (TPSA) is 36.9 Å². The number of fused-ring (bicyclic) bond motifs is 1. The predicted octanol–water partition coefficient (Wildman–Crippen LogP) is 3.62. The molecule has 0 atom stereocenters. The first kappa shape index (κ1) is 8.86. The van der Waals surface area contributed by atoms with Crippen LogP contribution in [0.3, 0.4) is 0 Å². The Morgan fingerprint density at radius 1 is 1.36 bits per heavy atom. The highest BCUT2D eigenvalue weighted by atomic mass is 35.5. The van der Waals surface area contributed by atoms with E-state index in [1.165, 1.54) is 6.08 Å². The SMILES string of the molecule is N#C/C=C/c1ccc(Cl)c2occc12. The van der Waals surface area contributed by atoms with Gasteiger partial charge in [0.15, 0.2) is 5.58 Å². The van der Waals surface area contributed by atoms with Crippen LogP contribution < -0.4 is 0 Å². The highest BCUT2D eigenvalue weighted by Gasteiger charge is 2.04. The number of furan rings is 1. The lowest BCUT2D eigenvalue weighted by atomic mass is 10.1. The van der Waals surface area contributed by atoms with Gasteiger partial charge < -0.3 is 4.42 Å². The standard InChI is InChI=1S/C11H6ClNO/c12-10-4-3-8(2-1-6-13)9-5-7-14-11(9)10/h1-5,7H/b2-1+. The summed E-state index contributed by atoms with van der Waals surface area (Å²) in [5.41, 5.74) is 1.59. The maximum Gasteiger partial charge on any atom is 0.153 e. The summed E-state index contributed by atoms with van der Waals surface area (Å²) in [7, 11) is 0. The van der Waals surface area contributed by atoms with E-state index in [4.69, 9.17) is 21.3 Å². The zero-order valence-electron chi connectivity index (χ0n) is 7.20. The monoisotopic (exact) mass is 203 g/mol. The zero-order chi connectivity index (χ0) is 9.97. The number of hydrogen-bond donors (Lipinski definition) is 0. The molecule has 0 saturated carbocycles. The number of nitrogens with zero attached hydrogens (tertiary/aromatic N) is 1. The largest absolute Gasteiger partial charge is 0.463 e. The molecule has 0 aliphatic rings. The minimum atomic E-state index is 0.583. The molecule has 0 spiro atoms. The van der Waals surface area contributed by atoms with E-state index in [9.17, 15) is 0 Å². The van der Waals surface area contributed by atoms with Gasteiger partial charge in [-0.2, -0.15) is 5.26 Å². The second-order valence-corrected chi connectivity index (χ2v) is 3.17. The molecule has 0 fully saturated rings. The maximum atomic E-state index is 8.42. The van der Waals surface area contributed by atoms with Gasteiger partial charge in [0.2, 0.25) is 0 Å². The van der Waals surface area contributed by atoms with E-state index in [0.717, 1.165) is 10.9 Å². The Morgan fingerprint density at radius 3 is 3.00 bits per heavy atom. The third kappa shape index (κ3) is 1.39. The van der Waals surface area contributed by atoms with Crippen LogP contribution in [-0.2, 0) is 0 Å². The van der Waals surface area contributed by atoms with Crippen LogP contribution in [0.15, 0.2) is 35.0 Å². The summed E-state index contributed by atoms with van der Waals surface area (Å²) >= 11 is 5.92. The van der Waals surface area contributed by atoms with Gasteiger partial charge in [0.05, 0.1) is 17.4 Å². The first-order valence-corrected chi connectivity index (χ1v) is 4.42. The zero-order valence-corrected chi connectivity index (χ0v) is 7.95. The van der Waals surface area contributed by atoms with E-state index in [2.05, 4.69) is 0 Å².